The van der Waals surface area contributed by atoms with Gasteiger partial charge in [0.15, 0.2) is 6.10 Å². The van der Waals surface area contributed by atoms with Crippen molar-refractivity contribution >= 4 is 17.8 Å². The summed E-state index contributed by atoms with van der Waals surface area (Å²) < 4.78 is 46.2. The highest BCUT2D eigenvalue weighted by Gasteiger charge is 2.60. The highest BCUT2D eigenvalue weighted by molar-refractivity contribution is 5.77. The van der Waals surface area contributed by atoms with Crippen LogP contribution in [0.25, 0.3) is 0 Å². The minimum Gasteiger partial charge on any atom is -0.463 e. The lowest BCUT2D eigenvalue weighted by molar-refractivity contribution is -0.156. The Morgan fingerprint density at radius 1 is 1.15 bits per heavy atom. The number of halogens is 2. The molecular formula is C40H53F2N3O9. The number of nitrogen functional groups attached to an aromatic ring is 1. The van der Waals surface area contributed by atoms with Crippen LogP contribution < -0.4 is 11.4 Å². The van der Waals surface area contributed by atoms with Crippen LogP contribution in [0.3, 0.4) is 0 Å². The lowest BCUT2D eigenvalue weighted by Crippen LogP contribution is -2.42. The quantitative estimate of drug-likeness (QED) is 0.171. The maximum Gasteiger partial charge on any atom is 0.351 e. The van der Waals surface area contributed by atoms with E-state index in [1.54, 1.807) is 0 Å². The zero-order valence-corrected chi connectivity index (χ0v) is 30.9. The Morgan fingerprint density at radius 3 is 2.61 bits per heavy atom. The Morgan fingerprint density at radius 2 is 1.89 bits per heavy atom. The largest absolute Gasteiger partial charge is 0.463 e. The van der Waals surface area contributed by atoms with E-state index in [0.717, 1.165) is 62.8 Å². The van der Waals surface area contributed by atoms with E-state index in [-0.39, 0.29) is 35.9 Å². The van der Waals surface area contributed by atoms with Gasteiger partial charge in [-0.25, -0.2) is 4.79 Å². The van der Waals surface area contributed by atoms with Gasteiger partial charge in [-0.05, 0) is 104 Å². The van der Waals surface area contributed by atoms with Gasteiger partial charge in [0.05, 0.1) is 25.0 Å². The third-order valence-corrected chi connectivity index (χ3v) is 12.3. The summed E-state index contributed by atoms with van der Waals surface area (Å²) in [6.07, 6.45) is 9.01. The van der Waals surface area contributed by atoms with Crippen LogP contribution in [0, 0.1) is 29.1 Å². The van der Waals surface area contributed by atoms with Gasteiger partial charge in [0.25, 0.3) is 0 Å². The number of anilines is 1. The number of aliphatic hydroxyl groups is 3. The molecular weight excluding hydrogens is 704 g/mol. The van der Waals surface area contributed by atoms with Gasteiger partial charge in [-0.15, -0.1) is 0 Å². The topological polar surface area (TPSA) is 183 Å². The number of carbonyl (C=O) groups excluding carboxylic acids is 2. The number of carbonyl (C=O) groups is 2. The van der Waals surface area contributed by atoms with Crippen LogP contribution in [0.15, 0.2) is 64.7 Å². The van der Waals surface area contributed by atoms with E-state index in [0.29, 0.717) is 34.8 Å². The summed E-state index contributed by atoms with van der Waals surface area (Å²) in [4.78, 5) is 40.8. The second-order valence-electron chi connectivity index (χ2n) is 16.1. The third kappa shape index (κ3) is 8.56. The van der Waals surface area contributed by atoms with Gasteiger partial charge in [-0.3, -0.25) is 14.2 Å². The highest BCUT2D eigenvalue weighted by atomic mass is 19.3. The van der Waals surface area contributed by atoms with Gasteiger partial charge in [0, 0.05) is 12.6 Å². The minimum absolute atomic E-state index is 0.114. The van der Waals surface area contributed by atoms with Crippen molar-refractivity contribution in [3.8, 4) is 0 Å². The van der Waals surface area contributed by atoms with E-state index in [9.17, 15) is 38.5 Å². The van der Waals surface area contributed by atoms with Crippen molar-refractivity contribution in [1.29, 1.82) is 0 Å². The van der Waals surface area contributed by atoms with Crippen LogP contribution in [0.4, 0.5) is 14.6 Å². The maximum atomic E-state index is 14.8. The molecule has 0 bridgehead atoms. The molecule has 0 amide bonds. The normalized spacial score (nSPS) is 34.9. The molecule has 0 radical (unpaired) electrons. The maximum absolute atomic E-state index is 14.8. The van der Waals surface area contributed by atoms with Crippen LogP contribution in [0.1, 0.15) is 90.7 Å². The van der Waals surface area contributed by atoms with E-state index in [2.05, 4.69) is 43.6 Å². The number of alkyl halides is 2. The molecule has 0 aromatic carbocycles. The molecule has 10 atom stereocenters. The Bertz CT molecular complexity index is 1740. The van der Waals surface area contributed by atoms with Gasteiger partial charge in [0.1, 0.15) is 24.6 Å². The van der Waals surface area contributed by atoms with Gasteiger partial charge in [-0.2, -0.15) is 13.8 Å². The van der Waals surface area contributed by atoms with Crippen molar-refractivity contribution in [2.75, 3.05) is 12.3 Å². The molecule has 54 heavy (non-hydrogen) atoms. The number of allylic oxidation sites excluding steroid dienone is 4. The molecule has 12 nitrogen and oxygen atoms in total. The molecule has 2 heterocycles. The fourth-order valence-corrected chi connectivity index (χ4v) is 9.12. The van der Waals surface area contributed by atoms with Gasteiger partial charge >= 0.3 is 23.6 Å². The standard InChI is InChI=1S/C40H53F2N3O9/c1-22(28-11-12-29-24(5-4-17-39(28,29)3)7-10-26-19-27(46)20-30(47)23(26)2)6-13-31(25-8-9-25)53-35(49)15-14-34(48)52-21-32-36(50)40(41,42)37(54-32)45-18-16-33(43)44-38(45)51/h6-7,10,13,16,18,22,25,27-32,36-37,46-47,50H,2,4-5,8-9,11-12,14-15,17,19-21H2,1,3H3,(H2,43,44,51)/b13-6+,24-7+,26-10-/t22-,27+,28?,29?,30-,31?,32?,36?,37?,39+/m0/s1. The van der Waals surface area contributed by atoms with E-state index in [4.69, 9.17) is 19.9 Å². The Hall–Kier alpha value is -3.72. The van der Waals surface area contributed by atoms with Crippen LogP contribution in [-0.4, -0.2) is 79.9 Å². The zero-order chi connectivity index (χ0) is 38.9. The lowest BCUT2D eigenvalue weighted by Gasteiger charge is -2.44. The van der Waals surface area contributed by atoms with Gasteiger partial charge in [0.2, 0.25) is 6.23 Å². The van der Waals surface area contributed by atoms with Crippen molar-refractivity contribution < 1.29 is 47.9 Å². The summed E-state index contributed by atoms with van der Waals surface area (Å²) >= 11 is 0. The van der Waals surface area contributed by atoms with Gasteiger partial charge in [-0.1, -0.05) is 44.2 Å². The highest BCUT2D eigenvalue weighted by Crippen LogP contribution is 2.59. The molecule has 296 valence electrons. The number of hydrogen-bond acceptors (Lipinski definition) is 11. The van der Waals surface area contributed by atoms with Crippen molar-refractivity contribution in [3.05, 3.63) is 70.3 Å². The number of fused-ring (bicyclic) bond motifs is 1. The predicted octanol–water partition coefficient (Wildman–Crippen LogP) is 4.70. The molecule has 5 fully saturated rings. The average Bonchev–Trinajstić information content (AvgIpc) is 3.86. The molecule has 5 aliphatic rings. The molecule has 4 aliphatic carbocycles. The van der Waals surface area contributed by atoms with Crippen molar-refractivity contribution in [2.24, 2.45) is 29.1 Å². The number of aliphatic hydroxyl groups excluding tert-OH is 3. The number of esters is 2. The molecule has 1 saturated heterocycles. The summed E-state index contributed by atoms with van der Waals surface area (Å²) in [6.45, 7) is 7.95. The summed E-state index contributed by atoms with van der Waals surface area (Å²) in [5.74, 6) is -4.16. The molecule has 5 N–H and O–H groups in total. The molecule has 0 spiro atoms. The van der Waals surface area contributed by atoms with Crippen molar-refractivity contribution in [3.63, 3.8) is 0 Å². The van der Waals surface area contributed by atoms with Gasteiger partial charge < -0.3 is 35.3 Å². The number of rotatable bonds is 12. The first-order chi connectivity index (χ1) is 25.6. The monoisotopic (exact) mass is 757 g/mol. The fraction of sp³-hybridized carbons (Fsp3) is 0.650. The van der Waals surface area contributed by atoms with Crippen LogP contribution in [0.2, 0.25) is 0 Å². The third-order valence-electron chi connectivity index (χ3n) is 12.3. The Kier molecular flexibility index (Phi) is 12.0. The minimum atomic E-state index is -3.89. The number of ether oxygens (including phenoxy) is 3. The second-order valence-corrected chi connectivity index (χ2v) is 16.1. The number of nitrogens with two attached hydrogens (primary N) is 1. The second kappa shape index (κ2) is 16.2. The first-order valence-corrected chi connectivity index (χ1v) is 19.1. The molecule has 6 rings (SSSR count). The van der Waals surface area contributed by atoms with Crippen molar-refractivity contribution in [1.82, 2.24) is 9.55 Å². The van der Waals surface area contributed by atoms with E-state index in [1.807, 2.05) is 6.08 Å². The zero-order valence-electron chi connectivity index (χ0n) is 30.9. The van der Waals surface area contributed by atoms with Crippen LogP contribution >= 0.6 is 0 Å². The number of hydrogen-bond donors (Lipinski definition) is 4. The molecule has 6 unspecified atom stereocenters. The summed E-state index contributed by atoms with van der Waals surface area (Å²) in [5.41, 5.74) is 7.47. The van der Waals surface area contributed by atoms with E-state index in [1.165, 1.54) is 5.57 Å². The first kappa shape index (κ1) is 40.0. The van der Waals surface area contributed by atoms with Crippen LogP contribution in [-0.2, 0) is 23.8 Å². The summed E-state index contributed by atoms with van der Waals surface area (Å²) in [5, 5.41) is 30.6. The number of nitrogens with zero attached hydrogens (tertiary/aromatic N) is 2. The number of aromatic nitrogens is 2. The SMILES string of the molecule is C=C1/C(=C\C=C2/CCC[C@@]3(C)C2CCC3[C@@H](C)/C=C/C(OC(=O)CCC(=O)OCC2OC(n3ccc(N)nc3=O)C(F)(F)C2O)C2CC2)C[C@@H](O)C[C@@H]1O. The van der Waals surface area contributed by atoms with E-state index >= 15 is 0 Å². The van der Waals surface area contributed by atoms with Crippen LogP contribution in [0.5, 0.6) is 0 Å². The smallest absolute Gasteiger partial charge is 0.351 e. The lowest BCUT2D eigenvalue weighted by atomic mass is 9.61. The van der Waals surface area contributed by atoms with Crippen molar-refractivity contribution in [2.45, 2.75) is 127 Å². The molecule has 4 saturated carbocycles. The Balaban J connectivity index is 0.990. The Labute approximate surface area is 313 Å². The summed E-state index contributed by atoms with van der Waals surface area (Å²) in [6, 6.07) is 1.14. The predicted molar refractivity (Wildman–Crippen MR) is 194 cm³/mol. The fourth-order valence-electron chi connectivity index (χ4n) is 9.12. The average molecular weight is 758 g/mol. The molecule has 1 aromatic heterocycles. The molecule has 14 heteroatoms. The first-order valence-electron chi connectivity index (χ1n) is 19.1. The van der Waals surface area contributed by atoms with E-state index < -0.39 is 66.9 Å². The molecule has 1 aromatic rings. The summed E-state index contributed by atoms with van der Waals surface area (Å²) in [7, 11) is 0. The molecule has 1 aliphatic heterocycles.